The van der Waals surface area contributed by atoms with E-state index in [0.29, 0.717) is 12.0 Å². The van der Waals surface area contributed by atoms with Gasteiger partial charge in [0.2, 0.25) is 0 Å². The molecule has 0 aliphatic heterocycles. The SMILES string of the molecule is NNC(Cc1cc(F)cc(F)c1)c1ccc(I)cc1. The highest BCUT2D eigenvalue weighted by Crippen LogP contribution is 2.20. The number of nitrogens with one attached hydrogen (secondary N) is 1. The molecule has 2 nitrogen and oxygen atoms in total. The van der Waals surface area contributed by atoms with Crippen LogP contribution >= 0.6 is 22.6 Å². The van der Waals surface area contributed by atoms with E-state index < -0.39 is 11.6 Å². The molecule has 3 N–H and O–H groups in total. The Labute approximate surface area is 124 Å². The minimum Gasteiger partial charge on any atom is -0.271 e. The van der Waals surface area contributed by atoms with Crippen molar-refractivity contribution in [1.82, 2.24) is 5.43 Å². The van der Waals surface area contributed by atoms with Crippen molar-refractivity contribution >= 4 is 22.6 Å². The molecule has 0 aliphatic carbocycles. The van der Waals surface area contributed by atoms with Gasteiger partial charge in [0.05, 0.1) is 0 Å². The summed E-state index contributed by atoms with van der Waals surface area (Å²) in [6.45, 7) is 0. The van der Waals surface area contributed by atoms with Crippen LogP contribution in [0.5, 0.6) is 0 Å². The lowest BCUT2D eigenvalue weighted by Gasteiger charge is -2.16. The van der Waals surface area contributed by atoms with E-state index in [9.17, 15) is 8.78 Å². The molecular weight excluding hydrogens is 361 g/mol. The van der Waals surface area contributed by atoms with E-state index in [1.165, 1.54) is 12.1 Å². The molecule has 0 fully saturated rings. The predicted octanol–water partition coefficient (Wildman–Crippen LogP) is 3.32. The molecule has 0 heterocycles. The van der Waals surface area contributed by atoms with E-state index in [1.807, 2.05) is 24.3 Å². The van der Waals surface area contributed by atoms with Gasteiger partial charge in [-0.1, -0.05) is 12.1 Å². The highest BCUT2D eigenvalue weighted by Gasteiger charge is 2.12. The summed E-state index contributed by atoms with van der Waals surface area (Å²) in [4.78, 5) is 0. The maximum atomic E-state index is 13.1. The van der Waals surface area contributed by atoms with Crippen molar-refractivity contribution in [2.75, 3.05) is 0 Å². The second kappa shape index (κ2) is 6.40. The average molecular weight is 374 g/mol. The first-order valence-corrected chi connectivity index (χ1v) is 6.83. The number of hydrogen-bond donors (Lipinski definition) is 2. The van der Waals surface area contributed by atoms with Gasteiger partial charge in [-0.25, -0.2) is 8.78 Å². The van der Waals surface area contributed by atoms with Gasteiger partial charge >= 0.3 is 0 Å². The number of hydrogen-bond acceptors (Lipinski definition) is 2. The number of rotatable bonds is 4. The van der Waals surface area contributed by atoms with Gasteiger partial charge in [0.25, 0.3) is 0 Å². The first-order chi connectivity index (χ1) is 9.08. The van der Waals surface area contributed by atoms with Crippen LogP contribution in [0.2, 0.25) is 0 Å². The van der Waals surface area contributed by atoms with E-state index in [1.54, 1.807) is 0 Å². The van der Waals surface area contributed by atoms with E-state index in [2.05, 4.69) is 28.0 Å². The Morgan fingerprint density at radius 1 is 1.05 bits per heavy atom. The largest absolute Gasteiger partial charge is 0.271 e. The summed E-state index contributed by atoms with van der Waals surface area (Å²) in [5, 5.41) is 0. The van der Waals surface area contributed by atoms with Gasteiger partial charge in [0, 0.05) is 15.7 Å². The zero-order valence-corrected chi connectivity index (χ0v) is 12.2. The lowest BCUT2D eigenvalue weighted by atomic mass is 9.99. The third-order valence-corrected chi connectivity index (χ3v) is 3.55. The Morgan fingerprint density at radius 3 is 2.16 bits per heavy atom. The minimum atomic E-state index is -0.576. The molecule has 0 radical (unpaired) electrons. The predicted molar refractivity (Wildman–Crippen MR) is 79.3 cm³/mol. The number of hydrazine groups is 1. The van der Waals surface area contributed by atoms with Crippen molar-refractivity contribution < 1.29 is 8.78 Å². The maximum Gasteiger partial charge on any atom is 0.126 e. The smallest absolute Gasteiger partial charge is 0.126 e. The van der Waals surface area contributed by atoms with Crippen molar-refractivity contribution in [3.63, 3.8) is 0 Å². The van der Waals surface area contributed by atoms with Crippen LogP contribution < -0.4 is 11.3 Å². The molecule has 0 aromatic heterocycles. The van der Waals surface area contributed by atoms with E-state index >= 15 is 0 Å². The maximum absolute atomic E-state index is 13.1. The molecule has 0 aliphatic rings. The first kappa shape index (κ1) is 14.4. The Morgan fingerprint density at radius 2 is 1.63 bits per heavy atom. The van der Waals surface area contributed by atoms with E-state index in [0.717, 1.165) is 15.2 Å². The first-order valence-electron chi connectivity index (χ1n) is 5.75. The van der Waals surface area contributed by atoms with Crippen LogP contribution in [-0.2, 0) is 6.42 Å². The summed E-state index contributed by atoms with van der Waals surface area (Å²) in [6, 6.07) is 11.1. The Kier molecular flexibility index (Phi) is 4.84. The van der Waals surface area contributed by atoms with Gasteiger partial charge in [-0.15, -0.1) is 0 Å². The number of benzene rings is 2. The standard InChI is InChI=1S/C14H13F2IN2/c15-11-5-9(6-12(16)8-11)7-14(19-18)10-1-3-13(17)4-2-10/h1-6,8,14,19H,7,18H2. The van der Waals surface area contributed by atoms with E-state index in [-0.39, 0.29) is 6.04 Å². The molecule has 0 saturated carbocycles. The zero-order valence-electron chi connectivity index (χ0n) is 10.0. The fourth-order valence-electron chi connectivity index (χ4n) is 1.93. The molecule has 1 unspecified atom stereocenters. The molecule has 2 aromatic carbocycles. The van der Waals surface area contributed by atoms with Crippen LogP contribution in [0.4, 0.5) is 8.78 Å². The monoisotopic (exact) mass is 374 g/mol. The molecule has 0 saturated heterocycles. The molecule has 2 aromatic rings. The molecule has 2 rings (SSSR count). The van der Waals surface area contributed by atoms with Gasteiger partial charge in [-0.05, 0) is 64.4 Å². The molecule has 100 valence electrons. The molecule has 1 atom stereocenters. The summed E-state index contributed by atoms with van der Waals surface area (Å²) in [5.74, 6) is 4.38. The molecular formula is C14H13F2IN2. The second-order valence-electron chi connectivity index (χ2n) is 4.25. The molecule has 0 spiro atoms. The molecule has 0 amide bonds. The van der Waals surface area contributed by atoms with Crippen molar-refractivity contribution in [1.29, 1.82) is 0 Å². The number of halogens is 3. The molecule has 0 bridgehead atoms. The van der Waals surface area contributed by atoms with E-state index in [4.69, 9.17) is 5.84 Å². The van der Waals surface area contributed by atoms with Gasteiger partial charge in [-0.2, -0.15) is 0 Å². The fraction of sp³-hybridized carbons (Fsp3) is 0.143. The topological polar surface area (TPSA) is 38.0 Å². The molecule has 5 heteroatoms. The second-order valence-corrected chi connectivity index (χ2v) is 5.50. The van der Waals surface area contributed by atoms with Crippen LogP contribution in [0, 0.1) is 15.2 Å². The summed E-state index contributed by atoms with van der Waals surface area (Å²) < 4.78 is 27.4. The van der Waals surface area contributed by atoms with Crippen molar-refractivity contribution in [3.8, 4) is 0 Å². The zero-order chi connectivity index (χ0) is 13.8. The van der Waals surface area contributed by atoms with Crippen LogP contribution in [0.1, 0.15) is 17.2 Å². The van der Waals surface area contributed by atoms with Crippen LogP contribution in [0.15, 0.2) is 42.5 Å². The fourth-order valence-corrected chi connectivity index (χ4v) is 2.29. The number of nitrogens with two attached hydrogens (primary N) is 1. The average Bonchev–Trinajstić information content (AvgIpc) is 2.36. The summed E-state index contributed by atoms with van der Waals surface area (Å²) in [6.07, 6.45) is 0.422. The summed E-state index contributed by atoms with van der Waals surface area (Å²) in [5.41, 5.74) is 4.23. The van der Waals surface area contributed by atoms with Crippen molar-refractivity contribution in [3.05, 3.63) is 68.8 Å². The highest BCUT2D eigenvalue weighted by molar-refractivity contribution is 14.1. The van der Waals surface area contributed by atoms with Gasteiger partial charge in [-0.3, -0.25) is 11.3 Å². The van der Waals surface area contributed by atoms with Gasteiger partial charge < -0.3 is 0 Å². The van der Waals surface area contributed by atoms with Crippen LogP contribution in [0.3, 0.4) is 0 Å². The van der Waals surface area contributed by atoms with Crippen molar-refractivity contribution in [2.24, 2.45) is 5.84 Å². The highest BCUT2D eigenvalue weighted by atomic mass is 127. The van der Waals surface area contributed by atoms with Crippen LogP contribution in [-0.4, -0.2) is 0 Å². The van der Waals surface area contributed by atoms with Gasteiger partial charge in [0.1, 0.15) is 11.6 Å². The third-order valence-electron chi connectivity index (χ3n) is 2.84. The quantitative estimate of drug-likeness (QED) is 0.490. The lowest BCUT2D eigenvalue weighted by molar-refractivity contribution is 0.540. The van der Waals surface area contributed by atoms with Crippen LogP contribution in [0.25, 0.3) is 0 Å². The summed E-state index contributed by atoms with van der Waals surface area (Å²) >= 11 is 2.21. The minimum absolute atomic E-state index is 0.182. The Bertz CT molecular complexity index is 538. The normalized spacial score (nSPS) is 12.4. The van der Waals surface area contributed by atoms with Crippen molar-refractivity contribution in [2.45, 2.75) is 12.5 Å². The molecule has 19 heavy (non-hydrogen) atoms. The Hall–Kier alpha value is -1.05. The summed E-state index contributed by atoms with van der Waals surface area (Å²) in [7, 11) is 0. The third kappa shape index (κ3) is 3.95. The Balaban J connectivity index is 2.21. The lowest BCUT2D eigenvalue weighted by Crippen LogP contribution is -2.29. The van der Waals surface area contributed by atoms with Gasteiger partial charge in [0.15, 0.2) is 0 Å².